The van der Waals surface area contributed by atoms with E-state index >= 15 is 0 Å². The van der Waals surface area contributed by atoms with Gasteiger partial charge in [-0.1, -0.05) is 40.5 Å². The molecular formula is C13H28O. The third kappa shape index (κ3) is 2.50. The maximum absolute atomic E-state index is 7.00. The van der Waals surface area contributed by atoms with E-state index in [0.29, 0.717) is 10.8 Å². The Bertz CT molecular complexity index is 151. The minimum atomic E-state index is 0.609. The first-order valence-corrected chi connectivity index (χ1v) is 6.03. The topological polar surface area (TPSA) is 20.2 Å². The van der Waals surface area contributed by atoms with Gasteiger partial charge in [-0.3, -0.25) is 0 Å². The van der Waals surface area contributed by atoms with Crippen molar-refractivity contribution in [2.75, 3.05) is 7.11 Å². The third-order valence-electron chi connectivity index (χ3n) is 4.30. The van der Waals surface area contributed by atoms with Gasteiger partial charge in [-0.15, -0.1) is 0 Å². The Balaban J connectivity index is 0.000000791. The van der Waals surface area contributed by atoms with Crippen LogP contribution in [-0.2, 0) is 0 Å². The summed E-state index contributed by atoms with van der Waals surface area (Å²) in [5.41, 5.74) is 1.29. The first-order chi connectivity index (χ1) is 6.58. The summed E-state index contributed by atoms with van der Waals surface area (Å²) in [5.74, 6) is 0. The van der Waals surface area contributed by atoms with E-state index in [1.54, 1.807) is 0 Å². The molecule has 1 rings (SSSR count). The minimum Gasteiger partial charge on any atom is -0.400 e. The molecule has 0 bridgehead atoms. The number of rotatable bonds is 3. The average molecular weight is 200 g/mol. The molecule has 1 fully saturated rings. The summed E-state index contributed by atoms with van der Waals surface area (Å²) < 4.78 is 0. The molecule has 0 saturated heterocycles. The molecule has 0 heterocycles. The van der Waals surface area contributed by atoms with E-state index in [1.807, 2.05) is 0 Å². The van der Waals surface area contributed by atoms with Gasteiger partial charge in [0.25, 0.3) is 0 Å². The highest BCUT2D eigenvalue weighted by Gasteiger charge is 2.46. The molecule has 0 radical (unpaired) electrons. The van der Waals surface area contributed by atoms with Crippen LogP contribution in [0.1, 0.15) is 66.2 Å². The van der Waals surface area contributed by atoms with Crippen molar-refractivity contribution in [2.24, 2.45) is 10.8 Å². The first kappa shape index (κ1) is 14.0. The number of aliphatic hydroxyl groups is 1. The highest BCUT2D eigenvalue weighted by molar-refractivity contribution is 4.96. The van der Waals surface area contributed by atoms with Gasteiger partial charge in [0.15, 0.2) is 0 Å². The minimum absolute atomic E-state index is 0.609. The van der Waals surface area contributed by atoms with Crippen LogP contribution >= 0.6 is 0 Å². The van der Waals surface area contributed by atoms with Crippen LogP contribution in [0.2, 0.25) is 0 Å². The Hall–Kier alpha value is -0.0400. The maximum Gasteiger partial charge on any atom is 0.0319 e. The van der Waals surface area contributed by atoms with E-state index < -0.39 is 0 Å². The van der Waals surface area contributed by atoms with Gasteiger partial charge in [0.2, 0.25) is 0 Å². The fraction of sp³-hybridized carbons (Fsp3) is 1.00. The molecule has 0 aliphatic heterocycles. The average Bonchev–Trinajstić information content (AvgIpc) is 2.46. The van der Waals surface area contributed by atoms with E-state index in [2.05, 4.69) is 27.7 Å². The highest BCUT2D eigenvalue weighted by Crippen LogP contribution is 2.57. The summed E-state index contributed by atoms with van der Waals surface area (Å²) in [5, 5.41) is 7.00. The second-order valence-electron chi connectivity index (χ2n) is 5.12. The predicted octanol–water partition coefficient (Wildman–Crippen LogP) is 4.00. The molecule has 1 aliphatic carbocycles. The second kappa shape index (κ2) is 5.75. The van der Waals surface area contributed by atoms with Gasteiger partial charge in [-0.25, -0.2) is 0 Å². The fourth-order valence-electron chi connectivity index (χ4n) is 3.25. The molecule has 0 aromatic rings. The van der Waals surface area contributed by atoms with Crippen LogP contribution in [0.3, 0.4) is 0 Å². The third-order valence-corrected chi connectivity index (χ3v) is 4.30. The van der Waals surface area contributed by atoms with Gasteiger partial charge in [-0.05, 0) is 36.5 Å². The van der Waals surface area contributed by atoms with Gasteiger partial charge >= 0.3 is 0 Å². The van der Waals surface area contributed by atoms with Crippen LogP contribution in [0, 0.1) is 10.8 Å². The zero-order valence-electron chi connectivity index (χ0n) is 10.7. The molecule has 0 aromatic heterocycles. The lowest BCUT2D eigenvalue weighted by Crippen LogP contribution is -2.31. The summed E-state index contributed by atoms with van der Waals surface area (Å²) in [4.78, 5) is 0. The lowest BCUT2D eigenvalue weighted by molar-refractivity contribution is 0.0898. The standard InChI is InChI=1S/C12H24.CH4O/c1-5-8-12(6-2)10-7-9-11(12,3)4;1-2/h5-10H2,1-4H3;2H,1H3. The van der Waals surface area contributed by atoms with Gasteiger partial charge in [0, 0.05) is 7.11 Å². The van der Waals surface area contributed by atoms with Crippen LogP contribution in [-0.4, -0.2) is 12.2 Å². The van der Waals surface area contributed by atoms with Crippen LogP contribution in [0.25, 0.3) is 0 Å². The zero-order valence-corrected chi connectivity index (χ0v) is 10.7. The van der Waals surface area contributed by atoms with E-state index in [-0.39, 0.29) is 0 Å². The van der Waals surface area contributed by atoms with Crippen LogP contribution in [0.15, 0.2) is 0 Å². The Morgan fingerprint density at radius 1 is 1.07 bits per heavy atom. The van der Waals surface area contributed by atoms with Crippen LogP contribution in [0.5, 0.6) is 0 Å². The van der Waals surface area contributed by atoms with Crippen molar-refractivity contribution in [3.63, 3.8) is 0 Å². The first-order valence-electron chi connectivity index (χ1n) is 6.03. The molecule has 1 atom stereocenters. The molecular weight excluding hydrogens is 172 g/mol. The SMILES string of the molecule is CCCC1(CC)CCCC1(C)C.CO. The van der Waals surface area contributed by atoms with Gasteiger partial charge in [-0.2, -0.15) is 0 Å². The summed E-state index contributed by atoms with van der Waals surface area (Å²) in [6, 6.07) is 0. The normalized spacial score (nSPS) is 29.6. The molecule has 86 valence electrons. The number of aliphatic hydroxyl groups excluding tert-OH is 1. The summed E-state index contributed by atoms with van der Waals surface area (Å²) in [6.45, 7) is 9.65. The Morgan fingerprint density at radius 2 is 1.64 bits per heavy atom. The monoisotopic (exact) mass is 200 g/mol. The molecule has 14 heavy (non-hydrogen) atoms. The molecule has 1 unspecified atom stereocenters. The van der Waals surface area contributed by atoms with E-state index in [4.69, 9.17) is 5.11 Å². The van der Waals surface area contributed by atoms with Crippen LogP contribution in [0.4, 0.5) is 0 Å². The fourth-order valence-corrected chi connectivity index (χ4v) is 3.25. The lowest BCUT2D eigenvalue weighted by Gasteiger charge is -2.41. The summed E-state index contributed by atoms with van der Waals surface area (Å²) in [6.07, 6.45) is 8.56. The van der Waals surface area contributed by atoms with Crippen molar-refractivity contribution < 1.29 is 5.11 Å². The Morgan fingerprint density at radius 3 is 1.93 bits per heavy atom. The highest BCUT2D eigenvalue weighted by atomic mass is 16.2. The van der Waals surface area contributed by atoms with Gasteiger partial charge < -0.3 is 5.11 Å². The molecule has 1 saturated carbocycles. The number of hydrogen-bond donors (Lipinski definition) is 1. The van der Waals surface area contributed by atoms with Crippen molar-refractivity contribution in [3.8, 4) is 0 Å². The van der Waals surface area contributed by atoms with Crippen molar-refractivity contribution >= 4 is 0 Å². The summed E-state index contributed by atoms with van der Waals surface area (Å²) in [7, 11) is 1.00. The molecule has 1 nitrogen and oxygen atoms in total. The van der Waals surface area contributed by atoms with Crippen molar-refractivity contribution in [1.82, 2.24) is 0 Å². The molecule has 1 aliphatic rings. The smallest absolute Gasteiger partial charge is 0.0319 e. The lowest BCUT2D eigenvalue weighted by atomic mass is 9.64. The van der Waals surface area contributed by atoms with E-state index in [9.17, 15) is 0 Å². The zero-order chi connectivity index (χ0) is 11.2. The van der Waals surface area contributed by atoms with Gasteiger partial charge in [0.05, 0.1) is 0 Å². The maximum atomic E-state index is 7.00. The van der Waals surface area contributed by atoms with E-state index in [1.165, 1.54) is 38.5 Å². The van der Waals surface area contributed by atoms with Gasteiger partial charge in [0.1, 0.15) is 0 Å². The largest absolute Gasteiger partial charge is 0.400 e. The number of hydrogen-bond acceptors (Lipinski definition) is 1. The molecule has 0 aromatic carbocycles. The van der Waals surface area contributed by atoms with Crippen molar-refractivity contribution in [2.45, 2.75) is 66.2 Å². The second-order valence-corrected chi connectivity index (χ2v) is 5.12. The summed E-state index contributed by atoms with van der Waals surface area (Å²) >= 11 is 0. The molecule has 0 amide bonds. The molecule has 1 heteroatoms. The molecule has 1 N–H and O–H groups in total. The Labute approximate surface area is 89.9 Å². The van der Waals surface area contributed by atoms with Crippen molar-refractivity contribution in [3.05, 3.63) is 0 Å². The predicted molar refractivity (Wildman–Crippen MR) is 63.4 cm³/mol. The Kier molecular flexibility index (Phi) is 5.73. The van der Waals surface area contributed by atoms with Crippen molar-refractivity contribution in [1.29, 1.82) is 0 Å². The van der Waals surface area contributed by atoms with E-state index in [0.717, 1.165) is 7.11 Å². The quantitative estimate of drug-likeness (QED) is 0.730. The molecule has 0 spiro atoms. The van der Waals surface area contributed by atoms with Crippen LogP contribution < -0.4 is 0 Å².